The van der Waals surface area contributed by atoms with Crippen LogP contribution in [0.15, 0.2) is 59.8 Å². The fourth-order valence-electron chi connectivity index (χ4n) is 4.47. The van der Waals surface area contributed by atoms with Crippen molar-refractivity contribution in [3.05, 3.63) is 82.6 Å². The van der Waals surface area contributed by atoms with Crippen LogP contribution in [0, 0.1) is 24.5 Å². The fraction of sp³-hybridized carbons (Fsp3) is 0.269. The molecule has 0 unspecified atom stereocenters. The maximum absolute atomic E-state index is 13.8. The summed E-state index contributed by atoms with van der Waals surface area (Å²) in [5, 5.41) is 1.12. The molecule has 4 aromatic rings. The summed E-state index contributed by atoms with van der Waals surface area (Å²) < 4.78 is 55.1. The van der Waals surface area contributed by atoms with Gasteiger partial charge < -0.3 is 0 Å². The Morgan fingerprint density at radius 2 is 1.92 bits per heavy atom. The van der Waals surface area contributed by atoms with Gasteiger partial charge >= 0.3 is 0 Å². The monoisotopic (exact) mass is 576 g/mol. The van der Waals surface area contributed by atoms with E-state index in [1.807, 2.05) is 19.1 Å². The molecule has 0 radical (unpaired) electrons. The van der Waals surface area contributed by atoms with Crippen LogP contribution in [0.5, 0.6) is 0 Å². The van der Waals surface area contributed by atoms with Gasteiger partial charge in [0.05, 0.1) is 21.7 Å². The highest BCUT2D eigenvalue weighted by molar-refractivity contribution is 7.89. The number of carbonyl (C=O) groups is 1. The Morgan fingerprint density at radius 3 is 2.61 bits per heavy atom. The summed E-state index contributed by atoms with van der Waals surface area (Å²) in [7, 11) is -4.03. The molecule has 5 rings (SSSR count). The van der Waals surface area contributed by atoms with Gasteiger partial charge in [0.25, 0.3) is 0 Å². The lowest BCUT2D eigenvalue weighted by atomic mass is 9.96. The van der Waals surface area contributed by atoms with E-state index < -0.39 is 27.6 Å². The molecule has 1 saturated heterocycles. The van der Waals surface area contributed by atoms with Crippen molar-refractivity contribution in [2.45, 2.75) is 31.2 Å². The quantitative estimate of drug-likeness (QED) is 0.300. The molecule has 38 heavy (non-hydrogen) atoms. The fourth-order valence-corrected chi connectivity index (χ4v) is 7.13. The number of rotatable bonds is 6. The third-order valence-electron chi connectivity index (χ3n) is 6.63. The number of amides is 1. The van der Waals surface area contributed by atoms with Crippen molar-refractivity contribution < 1.29 is 22.0 Å². The molecule has 198 valence electrons. The van der Waals surface area contributed by atoms with Gasteiger partial charge in [-0.3, -0.25) is 14.7 Å². The first-order valence-corrected chi connectivity index (χ1v) is 14.5. The van der Waals surface area contributed by atoms with Gasteiger partial charge in [-0.2, -0.15) is 4.31 Å². The van der Waals surface area contributed by atoms with E-state index in [-0.39, 0.29) is 43.3 Å². The summed E-state index contributed by atoms with van der Waals surface area (Å²) in [5.41, 5.74) is 2.39. The SMILES string of the molecule is Cc1c(Cl)ccc2sc(N(Cc3cccnc3)C(=O)C3CCN(S(=O)(=O)c4ccc(F)c(F)c4)CC3)nc12. The van der Waals surface area contributed by atoms with Crippen LogP contribution in [-0.4, -0.2) is 41.7 Å². The molecule has 12 heteroatoms. The molecular weight excluding hydrogens is 554 g/mol. The van der Waals surface area contributed by atoms with E-state index >= 15 is 0 Å². The van der Waals surface area contributed by atoms with Crippen LogP contribution in [-0.2, 0) is 21.4 Å². The van der Waals surface area contributed by atoms with Crippen LogP contribution in [0.4, 0.5) is 13.9 Å². The minimum atomic E-state index is -4.03. The van der Waals surface area contributed by atoms with Gasteiger partial charge in [0.1, 0.15) is 0 Å². The number of nitrogens with zero attached hydrogens (tertiary/aromatic N) is 4. The maximum atomic E-state index is 13.8. The summed E-state index contributed by atoms with van der Waals surface area (Å²) in [4.78, 5) is 24.0. The number of anilines is 1. The number of piperidine rings is 1. The van der Waals surface area contributed by atoms with Gasteiger partial charge in [0.15, 0.2) is 16.8 Å². The molecule has 3 heterocycles. The highest BCUT2D eigenvalue weighted by atomic mass is 35.5. The number of aromatic nitrogens is 2. The van der Waals surface area contributed by atoms with Crippen LogP contribution in [0.25, 0.3) is 10.2 Å². The number of aryl methyl sites for hydroxylation is 1. The van der Waals surface area contributed by atoms with Crippen LogP contribution in [0.1, 0.15) is 24.0 Å². The van der Waals surface area contributed by atoms with Gasteiger partial charge in [-0.15, -0.1) is 0 Å². The lowest BCUT2D eigenvalue weighted by Crippen LogP contribution is -2.44. The number of halogens is 3. The second kappa shape index (κ2) is 10.6. The van der Waals surface area contributed by atoms with Gasteiger partial charge in [-0.25, -0.2) is 22.2 Å². The molecule has 0 aliphatic carbocycles. The zero-order valence-corrected chi connectivity index (χ0v) is 22.7. The Hall–Kier alpha value is -2.99. The minimum Gasteiger partial charge on any atom is -0.283 e. The Bertz CT molecular complexity index is 1610. The number of carbonyl (C=O) groups excluding carboxylic acids is 1. The van der Waals surface area contributed by atoms with Crippen molar-refractivity contribution in [3.63, 3.8) is 0 Å². The van der Waals surface area contributed by atoms with Gasteiger partial charge in [-0.05, 0) is 67.3 Å². The number of hydrogen-bond donors (Lipinski definition) is 0. The third kappa shape index (κ3) is 5.15. The standard InChI is InChI=1S/C26H23ClF2N4O3S2/c1-16-20(27)5-7-23-24(16)31-26(37-23)33(15-17-3-2-10-30-14-17)25(34)18-8-11-32(12-9-18)38(35,36)19-4-6-21(28)22(29)13-19/h2-7,10,13-14,18H,8-9,11-12,15H2,1H3. The van der Waals surface area contributed by atoms with Crippen LogP contribution < -0.4 is 4.90 Å². The van der Waals surface area contributed by atoms with Crippen molar-refractivity contribution in [3.8, 4) is 0 Å². The number of benzene rings is 2. The Morgan fingerprint density at radius 1 is 1.16 bits per heavy atom. The summed E-state index contributed by atoms with van der Waals surface area (Å²) >= 11 is 7.67. The van der Waals surface area contributed by atoms with E-state index in [1.54, 1.807) is 29.4 Å². The summed E-state index contributed by atoms with van der Waals surface area (Å²) in [5.74, 6) is -2.95. The van der Waals surface area contributed by atoms with Crippen LogP contribution in [0.3, 0.4) is 0 Å². The van der Waals surface area contributed by atoms with Gasteiger partial charge in [-0.1, -0.05) is 29.0 Å². The molecule has 0 bridgehead atoms. The molecule has 7 nitrogen and oxygen atoms in total. The van der Waals surface area contributed by atoms with E-state index in [1.165, 1.54) is 15.6 Å². The summed E-state index contributed by atoms with van der Waals surface area (Å²) in [6, 6.07) is 9.86. The molecule has 1 aliphatic rings. The highest BCUT2D eigenvalue weighted by Gasteiger charge is 2.35. The van der Waals surface area contributed by atoms with Crippen LogP contribution >= 0.6 is 22.9 Å². The average Bonchev–Trinajstić information content (AvgIpc) is 3.36. The lowest BCUT2D eigenvalue weighted by Gasteiger charge is -2.33. The van der Waals surface area contributed by atoms with Crippen molar-refractivity contribution in [2.24, 2.45) is 5.92 Å². The molecule has 0 atom stereocenters. The third-order valence-corrected chi connectivity index (χ3v) is 9.98. The molecule has 1 amide bonds. The molecule has 0 saturated carbocycles. The molecule has 0 spiro atoms. The van der Waals surface area contributed by atoms with Crippen molar-refractivity contribution >= 4 is 54.2 Å². The van der Waals surface area contributed by atoms with E-state index in [0.717, 1.165) is 33.5 Å². The van der Waals surface area contributed by atoms with Crippen molar-refractivity contribution in [1.29, 1.82) is 0 Å². The highest BCUT2D eigenvalue weighted by Crippen LogP contribution is 2.36. The Kier molecular flexibility index (Phi) is 7.45. The van der Waals surface area contributed by atoms with Crippen molar-refractivity contribution in [2.75, 3.05) is 18.0 Å². The minimum absolute atomic E-state index is 0.0764. The predicted octanol–water partition coefficient (Wildman–Crippen LogP) is 5.57. The molecule has 1 fully saturated rings. The van der Waals surface area contributed by atoms with E-state index in [2.05, 4.69) is 4.98 Å². The molecule has 2 aromatic heterocycles. The van der Waals surface area contributed by atoms with Crippen molar-refractivity contribution in [1.82, 2.24) is 14.3 Å². The maximum Gasteiger partial charge on any atom is 0.243 e. The molecule has 0 N–H and O–H groups in total. The number of hydrogen-bond acceptors (Lipinski definition) is 6. The Labute approximate surface area is 227 Å². The van der Waals surface area contributed by atoms with Gasteiger partial charge in [0, 0.05) is 36.4 Å². The lowest BCUT2D eigenvalue weighted by molar-refractivity contribution is -0.123. The second-order valence-electron chi connectivity index (χ2n) is 9.06. The van der Waals surface area contributed by atoms with Gasteiger partial charge in [0.2, 0.25) is 15.9 Å². The molecule has 1 aliphatic heterocycles. The first-order chi connectivity index (χ1) is 18.1. The number of fused-ring (bicyclic) bond motifs is 1. The topological polar surface area (TPSA) is 83.5 Å². The first-order valence-electron chi connectivity index (χ1n) is 11.9. The number of sulfonamides is 1. The second-order valence-corrected chi connectivity index (χ2v) is 12.4. The Balaban J connectivity index is 1.39. The van der Waals surface area contributed by atoms with E-state index in [0.29, 0.717) is 16.2 Å². The predicted molar refractivity (Wildman–Crippen MR) is 143 cm³/mol. The number of thiazole rings is 1. The largest absolute Gasteiger partial charge is 0.283 e. The average molecular weight is 577 g/mol. The molecule has 2 aromatic carbocycles. The van der Waals surface area contributed by atoms with E-state index in [4.69, 9.17) is 16.6 Å². The van der Waals surface area contributed by atoms with Crippen LogP contribution in [0.2, 0.25) is 5.02 Å². The summed E-state index contributed by atoms with van der Waals surface area (Å²) in [6.07, 6.45) is 3.90. The summed E-state index contributed by atoms with van der Waals surface area (Å²) in [6.45, 7) is 2.29. The zero-order valence-electron chi connectivity index (χ0n) is 20.3. The smallest absolute Gasteiger partial charge is 0.243 e. The zero-order chi connectivity index (χ0) is 27.0. The number of pyridine rings is 1. The first kappa shape index (κ1) is 26.6. The normalized spacial score (nSPS) is 15.2. The molecular formula is C26H23ClF2N4O3S2. The van der Waals surface area contributed by atoms with E-state index in [9.17, 15) is 22.0 Å².